The molecule has 1 saturated heterocycles. The van der Waals surface area contributed by atoms with Crippen molar-refractivity contribution >= 4 is 28.7 Å². The van der Waals surface area contributed by atoms with Crippen LogP contribution in [0.5, 0.6) is 0 Å². The van der Waals surface area contributed by atoms with E-state index in [1.54, 1.807) is 22.7 Å². The number of hydrogen-bond donors (Lipinski definition) is 2. The molecule has 0 bridgehead atoms. The van der Waals surface area contributed by atoms with Gasteiger partial charge in [0.25, 0.3) is 5.92 Å². The molecule has 5 heterocycles. The lowest BCUT2D eigenvalue weighted by atomic mass is 9.94. The van der Waals surface area contributed by atoms with Gasteiger partial charge in [-0.25, -0.2) is 27.1 Å². The highest BCUT2D eigenvalue weighted by Crippen LogP contribution is 2.40. The normalized spacial score (nSPS) is 21.0. The molecule has 0 radical (unpaired) electrons. The highest BCUT2D eigenvalue weighted by Gasteiger charge is 2.48. The molecule has 1 unspecified atom stereocenters. The molecule has 0 saturated carbocycles. The first-order valence-electron chi connectivity index (χ1n) is 12.5. The molecule has 5 rings (SSSR count). The molecular weight excluding hydrogens is 488 g/mol. The number of hydrogen-bond acceptors (Lipinski definition) is 7. The maximum Gasteiger partial charge on any atom is 0.281 e. The zero-order valence-electron chi connectivity index (χ0n) is 21.0. The van der Waals surface area contributed by atoms with Gasteiger partial charge in [-0.1, -0.05) is 6.92 Å². The number of likely N-dealkylation sites (tertiary alicyclic amines) is 1. The Morgan fingerprint density at radius 3 is 2.70 bits per heavy atom. The molecule has 2 aliphatic rings. The van der Waals surface area contributed by atoms with Crippen LogP contribution in [0.3, 0.4) is 0 Å². The van der Waals surface area contributed by atoms with Gasteiger partial charge in [0.15, 0.2) is 5.82 Å². The number of alkyl halides is 4. The third kappa shape index (κ3) is 4.86. The highest BCUT2D eigenvalue weighted by molar-refractivity contribution is 5.96. The molecule has 0 amide bonds. The average Bonchev–Trinajstić information content (AvgIpc) is 3.51. The average molecular weight is 519 g/mol. The summed E-state index contributed by atoms with van der Waals surface area (Å²) in [5.41, 5.74) is 4.49. The monoisotopic (exact) mass is 518 g/mol. The van der Waals surface area contributed by atoms with Gasteiger partial charge in [0.05, 0.1) is 23.6 Å². The van der Waals surface area contributed by atoms with E-state index in [2.05, 4.69) is 25.7 Å². The van der Waals surface area contributed by atoms with Crippen molar-refractivity contribution in [2.75, 3.05) is 37.3 Å². The lowest BCUT2D eigenvalue weighted by Crippen LogP contribution is -2.38. The van der Waals surface area contributed by atoms with E-state index >= 15 is 0 Å². The van der Waals surface area contributed by atoms with Crippen molar-refractivity contribution in [3.05, 3.63) is 30.1 Å². The first-order valence-corrected chi connectivity index (χ1v) is 12.5. The van der Waals surface area contributed by atoms with Crippen molar-refractivity contribution in [2.24, 2.45) is 4.99 Å². The van der Waals surface area contributed by atoms with Gasteiger partial charge < -0.3 is 10.6 Å². The van der Waals surface area contributed by atoms with Gasteiger partial charge in [-0.15, -0.1) is 5.10 Å². The van der Waals surface area contributed by atoms with E-state index in [1.165, 1.54) is 0 Å². The van der Waals surface area contributed by atoms with Crippen LogP contribution in [0.15, 0.2) is 29.4 Å². The first kappa shape index (κ1) is 25.4. The molecule has 12 heteroatoms. The molecular formula is C25H30F4N8. The van der Waals surface area contributed by atoms with Crippen LogP contribution in [0, 0.1) is 0 Å². The standard InChI is InChI=1S/C25H30F4N8/c1-4-36-12-19(25(28,29)13-36)33-24-34-23(30-3)22-16(10-11-37(22)35-24)17-8-9-18-21(32-17)15(14(2)31-18)6-5-7-20(26)27/h8-11,15,19-20H,4-7,12-13H2,1-3H3,(H2,30,33,34,35)/t15?,19-/m0/s1. The van der Waals surface area contributed by atoms with Crippen molar-refractivity contribution in [2.45, 2.75) is 57.4 Å². The maximum atomic E-state index is 14.5. The highest BCUT2D eigenvalue weighted by atomic mass is 19.3. The van der Waals surface area contributed by atoms with Crippen molar-refractivity contribution in [3.63, 3.8) is 0 Å². The molecule has 3 aromatic rings. The summed E-state index contributed by atoms with van der Waals surface area (Å²) >= 11 is 0. The van der Waals surface area contributed by atoms with E-state index in [1.807, 2.05) is 32.0 Å². The number of fused-ring (bicyclic) bond motifs is 2. The summed E-state index contributed by atoms with van der Waals surface area (Å²) in [6.07, 6.45) is 0.209. The molecule has 2 N–H and O–H groups in total. The summed E-state index contributed by atoms with van der Waals surface area (Å²) in [5, 5.41) is 10.3. The molecule has 198 valence electrons. The molecule has 2 atom stereocenters. The third-order valence-electron chi connectivity index (χ3n) is 7.11. The minimum atomic E-state index is -2.89. The predicted molar refractivity (Wildman–Crippen MR) is 136 cm³/mol. The predicted octanol–water partition coefficient (Wildman–Crippen LogP) is 5.21. The number of nitrogens with zero attached hydrogens (tertiary/aromatic N) is 6. The van der Waals surface area contributed by atoms with E-state index in [4.69, 9.17) is 4.98 Å². The molecule has 2 aliphatic heterocycles. The fourth-order valence-electron chi connectivity index (χ4n) is 5.14. The van der Waals surface area contributed by atoms with Crippen LogP contribution in [-0.4, -0.2) is 75.3 Å². The topological polar surface area (TPSA) is 82.7 Å². The van der Waals surface area contributed by atoms with Gasteiger partial charge in [-0.3, -0.25) is 9.89 Å². The fourth-order valence-corrected chi connectivity index (χ4v) is 5.14. The number of pyridine rings is 1. The molecule has 0 spiro atoms. The number of aromatic nitrogens is 4. The van der Waals surface area contributed by atoms with Crippen LogP contribution in [0.4, 0.5) is 35.0 Å². The van der Waals surface area contributed by atoms with Gasteiger partial charge in [-0.2, -0.15) is 4.98 Å². The first-order chi connectivity index (χ1) is 17.7. The fraction of sp³-hybridized carbons (Fsp3) is 0.520. The van der Waals surface area contributed by atoms with E-state index in [0.29, 0.717) is 36.4 Å². The number of halogens is 4. The molecule has 0 aliphatic carbocycles. The Bertz CT molecular complexity index is 1320. The number of likely N-dealkylation sites (N-methyl/N-ethyl adjacent to an activating group) is 1. The Kier molecular flexibility index (Phi) is 6.78. The van der Waals surface area contributed by atoms with Crippen molar-refractivity contribution < 1.29 is 17.6 Å². The SMILES string of the molecule is CCN1C[C@H](Nc2nc(NC)c3c(-c4ccc5c(n4)C(CCCC(F)F)C(C)=N5)ccn3n2)C(F)(F)C1. The van der Waals surface area contributed by atoms with Gasteiger partial charge in [0, 0.05) is 43.4 Å². The summed E-state index contributed by atoms with van der Waals surface area (Å²) in [5.74, 6) is -2.42. The van der Waals surface area contributed by atoms with Crippen LogP contribution in [0.2, 0.25) is 0 Å². The van der Waals surface area contributed by atoms with Crippen LogP contribution in [0.1, 0.15) is 44.7 Å². The van der Waals surface area contributed by atoms with E-state index in [0.717, 1.165) is 22.7 Å². The smallest absolute Gasteiger partial charge is 0.281 e. The second-order valence-corrected chi connectivity index (χ2v) is 9.57. The lowest BCUT2D eigenvalue weighted by molar-refractivity contribution is 0.00429. The Hall–Kier alpha value is -3.28. The number of anilines is 2. The number of aliphatic imine (C=N–C) groups is 1. The van der Waals surface area contributed by atoms with Crippen LogP contribution in [0.25, 0.3) is 16.8 Å². The largest absolute Gasteiger partial charge is 0.371 e. The summed E-state index contributed by atoms with van der Waals surface area (Å²) in [7, 11) is 1.71. The molecule has 37 heavy (non-hydrogen) atoms. The minimum absolute atomic E-state index is 0.103. The zero-order valence-corrected chi connectivity index (χ0v) is 21.0. The minimum Gasteiger partial charge on any atom is -0.371 e. The lowest BCUT2D eigenvalue weighted by Gasteiger charge is -2.19. The van der Waals surface area contributed by atoms with E-state index < -0.39 is 18.4 Å². The van der Waals surface area contributed by atoms with Crippen LogP contribution in [-0.2, 0) is 0 Å². The molecule has 1 fully saturated rings. The summed E-state index contributed by atoms with van der Waals surface area (Å²) < 4.78 is 55.9. The zero-order chi connectivity index (χ0) is 26.3. The maximum absolute atomic E-state index is 14.5. The van der Waals surface area contributed by atoms with Gasteiger partial charge >= 0.3 is 0 Å². The number of rotatable bonds is 9. The molecule has 0 aromatic carbocycles. The molecule has 3 aromatic heterocycles. The van der Waals surface area contributed by atoms with Gasteiger partial charge in [-0.05, 0) is 44.5 Å². The Labute approximate surface area is 212 Å². The second kappa shape index (κ2) is 9.88. The number of nitrogens with one attached hydrogen (secondary N) is 2. The second-order valence-electron chi connectivity index (χ2n) is 9.57. The van der Waals surface area contributed by atoms with Crippen molar-refractivity contribution in [1.82, 2.24) is 24.5 Å². The summed E-state index contributed by atoms with van der Waals surface area (Å²) in [6.45, 7) is 4.20. The molecule has 8 nitrogen and oxygen atoms in total. The van der Waals surface area contributed by atoms with Crippen LogP contribution < -0.4 is 10.6 Å². The van der Waals surface area contributed by atoms with Gasteiger partial charge in [0.1, 0.15) is 11.6 Å². The quantitative estimate of drug-likeness (QED) is 0.379. The van der Waals surface area contributed by atoms with E-state index in [-0.39, 0.29) is 31.4 Å². The van der Waals surface area contributed by atoms with E-state index in [9.17, 15) is 17.6 Å². The van der Waals surface area contributed by atoms with Gasteiger partial charge in [0.2, 0.25) is 12.4 Å². The third-order valence-corrected chi connectivity index (χ3v) is 7.11. The summed E-state index contributed by atoms with van der Waals surface area (Å²) in [6, 6.07) is 4.50. The van der Waals surface area contributed by atoms with Crippen molar-refractivity contribution in [1.29, 1.82) is 0 Å². The Morgan fingerprint density at radius 1 is 1.19 bits per heavy atom. The van der Waals surface area contributed by atoms with Crippen LogP contribution >= 0.6 is 0 Å². The Balaban J connectivity index is 1.45. The van der Waals surface area contributed by atoms with Crippen molar-refractivity contribution in [3.8, 4) is 11.3 Å². The summed E-state index contributed by atoms with van der Waals surface area (Å²) in [4.78, 5) is 15.6. The Morgan fingerprint density at radius 2 is 2.00 bits per heavy atom.